The van der Waals surface area contributed by atoms with Crippen molar-refractivity contribution >= 4 is 5.97 Å². The number of esters is 1. The summed E-state index contributed by atoms with van der Waals surface area (Å²) in [5, 5.41) is 0. The Labute approximate surface area is 109 Å². The molecule has 0 aliphatic carbocycles. The van der Waals surface area contributed by atoms with Gasteiger partial charge in [-0.1, -0.05) is 6.92 Å². The summed E-state index contributed by atoms with van der Waals surface area (Å²) in [6.45, 7) is 8.30. The number of carbonyl (C=O) groups excluding carboxylic acids is 1. The molecule has 0 fully saturated rings. The number of carbonyl (C=O) groups is 1. The van der Waals surface area contributed by atoms with Gasteiger partial charge in [0.2, 0.25) is 0 Å². The molecule has 0 unspecified atom stereocenters. The van der Waals surface area contributed by atoms with E-state index in [1.807, 2.05) is 26.0 Å². The summed E-state index contributed by atoms with van der Waals surface area (Å²) in [7, 11) is 1.43. The van der Waals surface area contributed by atoms with E-state index in [0.29, 0.717) is 6.54 Å². The topological polar surface area (TPSA) is 42.4 Å². The number of aromatic nitrogens is 1. The van der Waals surface area contributed by atoms with Crippen LogP contribution in [0.4, 0.5) is 0 Å². The van der Waals surface area contributed by atoms with E-state index in [2.05, 4.69) is 16.8 Å². The molecule has 100 valence electrons. The van der Waals surface area contributed by atoms with Crippen molar-refractivity contribution in [2.45, 2.75) is 27.3 Å². The van der Waals surface area contributed by atoms with E-state index in [1.165, 1.54) is 12.7 Å². The van der Waals surface area contributed by atoms with Gasteiger partial charge in [0.15, 0.2) is 0 Å². The molecule has 0 aliphatic heterocycles. The quantitative estimate of drug-likeness (QED) is 0.725. The lowest BCUT2D eigenvalue weighted by Crippen LogP contribution is -2.39. The predicted octanol–water partition coefficient (Wildman–Crippen LogP) is 2.10. The van der Waals surface area contributed by atoms with Crippen molar-refractivity contribution in [3.05, 3.63) is 30.1 Å². The SMILES string of the molecule is CCN(Cc1ccncc1)CC(C)(C)C(=O)OC. The van der Waals surface area contributed by atoms with Crippen LogP contribution in [0.1, 0.15) is 26.3 Å². The van der Waals surface area contributed by atoms with Crippen molar-refractivity contribution in [2.75, 3.05) is 20.2 Å². The van der Waals surface area contributed by atoms with E-state index in [9.17, 15) is 4.79 Å². The van der Waals surface area contributed by atoms with Gasteiger partial charge in [0.05, 0.1) is 12.5 Å². The van der Waals surface area contributed by atoms with Crippen LogP contribution in [0.15, 0.2) is 24.5 Å². The van der Waals surface area contributed by atoms with Crippen molar-refractivity contribution in [1.82, 2.24) is 9.88 Å². The maximum Gasteiger partial charge on any atom is 0.312 e. The fourth-order valence-electron chi connectivity index (χ4n) is 1.93. The van der Waals surface area contributed by atoms with Gasteiger partial charge in [0.25, 0.3) is 0 Å². The highest BCUT2D eigenvalue weighted by molar-refractivity contribution is 5.76. The van der Waals surface area contributed by atoms with E-state index in [4.69, 9.17) is 4.74 Å². The Balaban J connectivity index is 2.65. The van der Waals surface area contributed by atoms with Crippen LogP contribution in [0.5, 0.6) is 0 Å². The third-order valence-corrected chi connectivity index (χ3v) is 2.96. The first kappa shape index (κ1) is 14.6. The van der Waals surface area contributed by atoms with Crippen LogP contribution in [0.25, 0.3) is 0 Å². The minimum Gasteiger partial charge on any atom is -0.469 e. The molecule has 0 saturated heterocycles. The fourth-order valence-corrected chi connectivity index (χ4v) is 1.93. The molecule has 0 spiro atoms. The smallest absolute Gasteiger partial charge is 0.312 e. The number of nitrogens with zero attached hydrogens (tertiary/aromatic N) is 2. The zero-order chi connectivity index (χ0) is 13.6. The van der Waals surface area contributed by atoms with Crippen LogP contribution < -0.4 is 0 Å². The maximum absolute atomic E-state index is 11.7. The van der Waals surface area contributed by atoms with E-state index >= 15 is 0 Å². The third kappa shape index (κ3) is 4.11. The number of ether oxygens (including phenoxy) is 1. The molecular formula is C14H22N2O2. The number of rotatable bonds is 6. The first-order chi connectivity index (χ1) is 8.49. The number of methoxy groups -OCH3 is 1. The summed E-state index contributed by atoms with van der Waals surface area (Å²) in [4.78, 5) is 17.9. The highest BCUT2D eigenvalue weighted by Crippen LogP contribution is 2.20. The molecule has 4 heteroatoms. The van der Waals surface area contributed by atoms with Gasteiger partial charge < -0.3 is 4.74 Å². The van der Waals surface area contributed by atoms with E-state index in [0.717, 1.165) is 13.1 Å². The van der Waals surface area contributed by atoms with Crippen LogP contribution in [0.3, 0.4) is 0 Å². The summed E-state index contributed by atoms with van der Waals surface area (Å²) in [6, 6.07) is 3.99. The van der Waals surface area contributed by atoms with Crippen LogP contribution >= 0.6 is 0 Å². The van der Waals surface area contributed by atoms with E-state index < -0.39 is 5.41 Å². The first-order valence-corrected chi connectivity index (χ1v) is 6.19. The second kappa shape index (κ2) is 6.50. The third-order valence-electron chi connectivity index (χ3n) is 2.96. The molecule has 4 nitrogen and oxygen atoms in total. The van der Waals surface area contributed by atoms with Crippen molar-refractivity contribution in [3.8, 4) is 0 Å². The highest BCUT2D eigenvalue weighted by atomic mass is 16.5. The zero-order valence-electron chi connectivity index (χ0n) is 11.6. The minimum atomic E-state index is -0.488. The summed E-state index contributed by atoms with van der Waals surface area (Å²) in [5.74, 6) is -0.171. The Morgan fingerprint density at radius 2 is 2.00 bits per heavy atom. The standard InChI is InChI=1S/C14H22N2O2/c1-5-16(10-12-6-8-15-9-7-12)11-14(2,3)13(17)18-4/h6-9H,5,10-11H2,1-4H3. The van der Waals surface area contributed by atoms with Crippen molar-refractivity contribution in [1.29, 1.82) is 0 Å². The highest BCUT2D eigenvalue weighted by Gasteiger charge is 2.30. The Kier molecular flexibility index (Phi) is 5.28. The van der Waals surface area contributed by atoms with Crippen LogP contribution in [0, 0.1) is 5.41 Å². The maximum atomic E-state index is 11.7. The molecule has 1 heterocycles. The summed E-state index contributed by atoms with van der Waals surface area (Å²) >= 11 is 0. The molecule has 0 aromatic carbocycles. The second-order valence-corrected chi connectivity index (χ2v) is 5.03. The van der Waals surface area contributed by atoms with Crippen molar-refractivity contribution < 1.29 is 9.53 Å². The lowest BCUT2D eigenvalue weighted by Gasteiger charge is -2.29. The molecule has 0 saturated carbocycles. The number of hydrogen-bond donors (Lipinski definition) is 0. The molecule has 1 aromatic heterocycles. The molecule has 0 bridgehead atoms. The van der Waals surface area contributed by atoms with Crippen LogP contribution in [-0.4, -0.2) is 36.1 Å². The normalized spacial score (nSPS) is 11.6. The fraction of sp³-hybridized carbons (Fsp3) is 0.571. The molecular weight excluding hydrogens is 228 g/mol. The van der Waals surface area contributed by atoms with Gasteiger partial charge in [-0.05, 0) is 38.1 Å². The van der Waals surface area contributed by atoms with E-state index in [-0.39, 0.29) is 5.97 Å². The Hall–Kier alpha value is -1.42. The van der Waals surface area contributed by atoms with Gasteiger partial charge in [-0.3, -0.25) is 14.7 Å². The lowest BCUT2D eigenvalue weighted by atomic mass is 9.92. The van der Waals surface area contributed by atoms with Crippen molar-refractivity contribution in [2.24, 2.45) is 5.41 Å². The van der Waals surface area contributed by atoms with Gasteiger partial charge in [0.1, 0.15) is 0 Å². The number of hydrogen-bond acceptors (Lipinski definition) is 4. The molecule has 0 radical (unpaired) electrons. The molecule has 0 aliphatic rings. The Bertz CT molecular complexity index is 377. The molecule has 0 amide bonds. The summed E-state index contributed by atoms with van der Waals surface area (Å²) < 4.78 is 4.83. The summed E-state index contributed by atoms with van der Waals surface area (Å²) in [5.41, 5.74) is 0.713. The van der Waals surface area contributed by atoms with Gasteiger partial charge in [-0.2, -0.15) is 0 Å². The molecule has 1 rings (SSSR count). The van der Waals surface area contributed by atoms with Gasteiger partial charge in [-0.25, -0.2) is 0 Å². The Morgan fingerprint density at radius 3 is 2.50 bits per heavy atom. The second-order valence-electron chi connectivity index (χ2n) is 5.03. The van der Waals surface area contributed by atoms with Crippen LogP contribution in [0.2, 0.25) is 0 Å². The first-order valence-electron chi connectivity index (χ1n) is 6.19. The lowest BCUT2D eigenvalue weighted by molar-refractivity contribution is -0.151. The average Bonchev–Trinajstić information content (AvgIpc) is 2.37. The van der Waals surface area contributed by atoms with E-state index in [1.54, 1.807) is 12.4 Å². The molecule has 1 aromatic rings. The monoisotopic (exact) mass is 250 g/mol. The zero-order valence-corrected chi connectivity index (χ0v) is 11.6. The van der Waals surface area contributed by atoms with Gasteiger partial charge in [0, 0.05) is 25.5 Å². The van der Waals surface area contributed by atoms with Crippen LogP contribution in [-0.2, 0) is 16.1 Å². The summed E-state index contributed by atoms with van der Waals surface area (Å²) in [6.07, 6.45) is 3.57. The Morgan fingerprint density at radius 1 is 1.39 bits per heavy atom. The van der Waals surface area contributed by atoms with Gasteiger partial charge in [-0.15, -0.1) is 0 Å². The largest absolute Gasteiger partial charge is 0.469 e. The molecule has 0 N–H and O–H groups in total. The molecule has 0 atom stereocenters. The average molecular weight is 250 g/mol. The van der Waals surface area contributed by atoms with Crippen molar-refractivity contribution in [3.63, 3.8) is 0 Å². The predicted molar refractivity (Wildman–Crippen MR) is 71.0 cm³/mol. The van der Waals surface area contributed by atoms with Gasteiger partial charge >= 0.3 is 5.97 Å². The molecule has 18 heavy (non-hydrogen) atoms. The minimum absolute atomic E-state index is 0.171. The number of pyridine rings is 1.